The van der Waals surface area contributed by atoms with Crippen molar-refractivity contribution in [1.29, 1.82) is 0 Å². The number of fused-ring (bicyclic) bond motifs is 1. The van der Waals surface area contributed by atoms with Crippen molar-refractivity contribution in [3.63, 3.8) is 0 Å². The average Bonchev–Trinajstić information content (AvgIpc) is 3.74. The third-order valence-electron chi connectivity index (χ3n) is 13.1. The maximum atomic E-state index is 16.4. The number of aromatic amines is 1. The van der Waals surface area contributed by atoms with E-state index in [1.165, 1.54) is 41.1 Å². The van der Waals surface area contributed by atoms with Crippen LogP contribution in [0.3, 0.4) is 0 Å². The number of piperazine rings is 1. The number of nitro benzene ring substituents is 1. The van der Waals surface area contributed by atoms with Crippen LogP contribution in [0, 0.1) is 27.3 Å². The number of amides is 1. The first-order valence-corrected chi connectivity index (χ1v) is 26.7. The number of carbonyl (C=O) groups excluding carboxylic acids is 1. The van der Waals surface area contributed by atoms with E-state index < -0.39 is 50.0 Å². The smallest absolute Gasteiger partial charge is 0.273 e. The number of carbonyl (C=O) groups is 1. The van der Waals surface area contributed by atoms with Crippen molar-refractivity contribution in [1.82, 2.24) is 24.5 Å². The first-order chi connectivity index (χ1) is 31.3. The molecule has 1 atom stereocenters. The summed E-state index contributed by atoms with van der Waals surface area (Å²) in [5.74, 6) is -1.83. The molecular weight excluding hydrogens is 904 g/mol. The first kappa shape index (κ1) is 47.4. The van der Waals surface area contributed by atoms with E-state index in [0.29, 0.717) is 86.2 Å². The zero-order chi connectivity index (χ0) is 47.0. The van der Waals surface area contributed by atoms with Crippen molar-refractivity contribution in [3.05, 3.63) is 122 Å². The minimum atomic E-state index is -4.70. The van der Waals surface area contributed by atoms with E-state index in [0.717, 1.165) is 37.9 Å². The van der Waals surface area contributed by atoms with Gasteiger partial charge < -0.3 is 24.1 Å². The average molecular weight is 961 g/mol. The predicted octanol–water partition coefficient (Wildman–Crippen LogP) is 9.45. The van der Waals surface area contributed by atoms with Gasteiger partial charge in [0, 0.05) is 99.0 Å². The minimum Gasteiger partial charge on any atom is -0.455 e. The molecule has 1 aliphatic carbocycles. The van der Waals surface area contributed by atoms with Crippen LogP contribution in [0.1, 0.15) is 61.5 Å². The Balaban J connectivity index is 1.01. The number of rotatable bonds is 14. The number of sulfonamides is 1. The van der Waals surface area contributed by atoms with E-state index in [-0.39, 0.29) is 28.5 Å². The normalized spacial score (nSPS) is 18.6. The second kappa shape index (κ2) is 19.2. The molecule has 1 amide bonds. The summed E-state index contributed by atoms with van der Waals surface area (Å²) >= 11 is 6.23. The van der Waals surface area contributed by atoms with Gasteiger partial charge in [0.2, 0.25) is 0 Å². The Kier molecular flexibility index (Phi) is 13.8. The van der Waals surface area contributed by atoms with Crippen molar-refractivity contribution < 1.29 is 31.8 Å². The molecule has 3 aliphatic rings. The Bertz CT molecular complexity index is 2840. The van der Waals surface area contributed by atoms with E-state index in [1.54, 1.807) is 18.3 Å². The summed E-state index contributed by atoms with van der Waals surface area (Å²) in [5.41, 5.74) is 4.43. The molecule has 0 bridgehead atoms. The predicted molar refractivity (Wildman–Crippen MR) is 258 cm³/mol. The number of nitrogens with one attached hydrogen (secondary N) is 2. The zero-order valence-corrected chi connectivity index (χ0v) is 40.2. The van der Waals surface area contributed by atoms with Crippen molar-refractivity contribution in [2.45, 2.75) is 51.3 Å². The lowest BCUT2D eigenvalue weighted by Crippen LogP contribution is -2.47. The van der Waals surface area contributed by atoms with Gasteiger partial charge in [-0.2, -0.15) is 0 Å². The van der Waals surface area contributed by atoms with E-state index in [2.05, 4.69) is 45.7 Å². The molecule has 2 aromatic heterocycles. The molecule has 1 unspecified atom stereocenters. The molecule has 350 valence electrons. The van der Waals surface area contributed by atoms with E-state index in [9.17, 15) is 27.9 Å². The Morgan fingerprint density at radius 2 is 1.76 bits per heavy atom. The van der Waals surface area contributed by atoms with Crippen LogP contribution in [0.5, 0.6) is 11.5 Å². The lowest BCUT2D eigenvalue weighted by molar-refractivity contribution is -0.385. The van der Waals surface area contributed by atoms with Crippen LogP contribution >= 0.6 is 18.7 Å². The fourth-order valence-corrected chi connectivity index (χ4v) is 12.1. The van der Waals surface area contributed by atoms with E-state index >= 15 is 4.39 Å². The van der Waals surface area contributed by atoms with Crippen molar-refractivity contribution in [2.24, 2.45) is 11.3 Å². The zero-order valence-electron chi connectivity index (χ0n) is 37.7. The van der Waals surface area contributed by atoms with Gasteiger partial charge in [-0.25, -0.2) is 22.5 Å². The molecule has 3 aromatic carbocycles. The van der Waals surface area contributed by atoms with Gasteiger partial charge in [-0.1, -0.05) is 56.1 Å². The van der Waals surface area contributed by atoms with Gasteiger partial charge in [0.15, 0.2) is 0 Å². The largest absolute Gasteiger partial charge is 0.455 e. The quantitative estimate of drug-likeness (QED) is 0.0617. The molecule has 0 spiro atoms. The van der Waals surface area contributed by atoms with Crippen LogP contribution in [0.15, 0.2) is 89.6 Å². The molecule has 2 N–H and O–H groups in total. The lowest BCUT2D eigenvalue weighted by Gasteiger charge is -2.39. The highest BCUT2D eigenvalue weighted by atomic mass is 35.5. The number of aromatic nitrogens is 2. The summed E-state index contributed by atoms with van der Waals surface area (Å²) in [7, 11) is -6.82. The summed E-state index contributed by atoms with van der Waals surface area (Å²) in [6, 6.07) is 17.4. The molecule has 0 radical (unpaired) electrons. The molecule has 18 heteroatoms. The standard InChI is InChI=1S/C48H56ClFN7O7PS/c1-32(30-55-19-21-65(4,61)22-20-55)23-34-7-10-39(25-43(34)57(59)60)66(62,63)53-47(58)40-26-42(50)44(27-45(40)64-38-24-35-12-14-51-46(35)52-29-38)56-17-15-54(16-18-56)31-36-11-13-48(2,3)28-41(36)33-5-8-37(49)9-6-33/h5-10,12,14,24-27,29,32H,11,13,15-23,28,30-31H2,1-4H3,(H,51,52)(H,53,58). The number of hydrogen-bond donors (Lipinski definition) is 2. The summed E-state index contributed by atoms with van der Waals surface area (Å²) < 4.78 is 64.6. The number of nitrogens with zero attached hydrogens (tertiary/aromatic N) is 5. The number of H-pyrrole nitrogens is 1. The van der Waals surface area contributed by atoms with Gasteiger partial charge >= 0.3 is 0 Å². The Morgan fingerprint density at radius 1 is 1.03 bits per heavy atom. The highest BCUT2D eigenvalue weighted by Gasteiger charge is 2.32. The van der Waals surface area contributed by atoms with Crippen LogP contribution in [-0.4, -0.2) is 110 Å². The Morgan fingerprint density at radius 3 is 2.47 bits per heavy atom. The van der Waals surface area contributed by atoms with E-state index in [1.807, 2.05) is 35.3 Å². The van der Waals surface area contributed by atoms with Gasteiger partial charge in [-0.05, 0) is 91.2 Å². The van der Waals surface area contributed by atoms with Gasteiger partial charge in [0.25, 0.3) is 21.6 Å². The topological polar surface area (TPSA) is 171 Å². The van der Waals surface area contributed by atoms with Gasteiger partial charge in [0.1, 0.15) is 23.0 Å². The number of anilines is 1. The molecular formula is C48H56ClFN7O7PS. The fraction of sp³-hybridized carbons (Fsp3) is 0.417. The lowest BCUT2D eigenvalue weighted by atomic mass is 9.72. The summed E-state index contributed by atoms with van der Waals surface area (Å²) in [4.78, 5) is 39.0. The first-order valence-electron chi connectivity index (χ1n) is 22.3. The maximum absolute atomic E-state index is 16.4. The van der Waals surface area contributed by atoms with Crippen molar-refractivity contribution in [3.8, 4) is 11.5 Å². The molecule has 5 aromatic rings. The third-order valence-corrected chi connectivity index (χ3v) is 17.0. The van der Waals surface area contributed by atoms with Gasteiger partial charge in [-0.3, -0.25) is 19.8 Å². The molecule has 66 heavy (non-hydrogen) atoms. The molecule has 0 saturated carbocycles. The summed E-state index contributed by atoms with van der Waals surface area (Å²) in [6.45, 7) is 13.5. The minimum absolute atomic E-state index is 0.0190. The number of ether oxygens (including phenoxy) is 1. The summed E-state index contributed by atoms with van der Waals surface area (Å²) in [5, 5.41) is 13.7. The second-order valence-electron chi connectivity index (χ2n) is 19.0. The van der Waals surface area contributed by atoms with Crippen LogP contribution in [0.25, 0.3) is 16.6 Å². The van der Waals surface area contributed by atoms with Crippen molar-refractivity contribution >= 4 is 62.7 Å². The van der Waals surface area contributed by atoms with E-state index in [4.69, 9.17) is 16.3 Å². The number of benzene rings is 3. The van der Waals surface area contributed by atoms with Gasteiger partial charge in [-0.15, -0.1) is 0 Å². The van der Waals surface area contributed by atoms with Crippen LogP contribution in [0.4, 0.5) is 15.8 Å². The molecule has 2 saturated heterocycles. The molecule has 2 aliphatic heterocycles. The number of hydrogen-bond acceptors (Lipinski definition) is 11. The van der Waals surface area contributed by atoms with Crippen molar-refractivity contribution in [2.75, 3.05) is 76.2 Å². The Hall–Kier alpha value is -5.12. The Labute approximate surface area is 390 Å². The number of nitro groups is 1. The molecule has 8 rings (SSSR count). The third kappa shape index (κ3) is 11.2. The second-order valence-corrected chi connectivity index (χ2v) is 24.6. The molecule has 2 fully saturated rings. The number of allylic oxidation sites excluding steroid dienone is 1. The van der Waals surface area contributed by atoms with Crippen LogP contribution in [0.2, 0.25) is 5.02 Å². The van der Waals surface area contributed by atoms with Gasteiger partial charge in [0.05, 0.1) is 34.4 Å². The highest BCUT2D eigenvalue weighted by molar-refractivity contribution is 7.90. The molecule has 4 heterocycles. The summed E-state index contributed by atoms with van der Waals surface area (Å²) in [6.07, 6.45) is 7.74. The SMILES string of the molecule is CC(Cc1ccc(S(=O)(=O)NC(=O)c2cc(F)c(N3CCN(CC4=C(c5ccc(Cl)cc5)CC(C)(C)CC4)CC3)cc2Oc2cnc3[nH]ccc3c2)cc1[N+](=O)[O-])CN1CCP(C)(=O)CC1. The van der Waals surface area contributed by atoms with Crippen LogP contribution in [-0.2, 0) is 21.0 Å². The maximum Gasteiger partial charge on any atom is 0.273 e. The molecule has 14 nitrogen and oxygen atoms in total. The number of halogens is 2. The van der Waals surface area contributed by atoms with Crippen LogP contribution < -0.4 is 14.4 Å². The number of pyridine rings is 1. The fourth-order valence-electron chi connectivity index (χ4n) is 9.31. The monoisotopic (exact) mass is 959 g/mol. The highest BCUT2D eigenvalue weighted by Crippen LogP contribution is 2.44.